The van der Waals surface area contributed by atoms with Gasteiger partial charge < -0.3 is 15.2 Å². The van der Waals surface area contributed by atoms with Crippen molar-refractivity contribution in [3.8, 4) is 11.1 Å². The number of carbonyl (C=O) groups is 1. The van der Waals surface area contributed by atoms with Crippen molar-refractivity contribution in [2.24, 2.45) is 11.3 Å². The molecule has 1 aromatic carbocycles. The van der Waals surface area contributed by atoms with Gasteiger partial charge in [-0.15, -0.1) is 11.3 Å². The number of benzene rings is 1. The third-order valence-corrected chi connectivity index (χ3v) is 10.8. The molecule has 1 fully saturated rings. The first kappa shape index (κ1) is 29.8. The van der Waals surface area contributed by atoms with Gasteiger partial charge in [-0.05, 0) is 97.4 Å². The van der Waals surface area contributed by atoms with Crippen molar-refractivity contribution in [2.75, 3.05) is 13.6 Å². The summed E-state index contributed by atoms with van der Waals surface area (Å²) in [6.45, 7) is 7.93. The predicted molar refractivity (Wildman–Crippen MR) is 177 cm³/mol. The summed E-state index contributed by atoms with van der Waals surface area (Å²) < 4.78 is 0. The van der Waals surface area contributed by atoms with E-state index in [1.165, 1.54) is 54.7 Å². The molecule has 3 aromatic heterocycles. The van der Waals surface area contributed by atoms with Crippen LogP contribution in [0.25, 0.3) is 21.3 Å². The second-order valence-corrected chi connectivity index (χ2v) is 14.7. The average Bonchev–Trinajstić information content (AvgIpc) is 3.68. The molecule has 6 nitrogen and oxygen atoms in total. The van der Waals surface area contributed by atoms with Crippen molar-refractivity contribution < 1.29 is 4.79 Å². The van der Waals surface area contributed by atoms with E-state index in [0.29, 0.717) is 12.0 Å². The molecule has 4 aromatic rings. The van der Waals surface area contributed by atoms with E-state index in [0.717, 1.165) is 57.6 Å². The smallest absolute Gasteiger partial charge is 0.261 e. The molecule has 3 heterocycles. The van der Waals surface area contributed by atoms with Gasteiger partial charge in [0.25, 0.3) is 5.91 Å². The topological polar surface area (TPSA) is 78.1 Å². The molecular weight excluding hydrogens is 552 g/mol. The third-order valence-electron chi connectivity index (χ3n) is 9.78. The Kier molecular flexibility index (Phi) is 8.56. The highest BCUT2D eigenvalue weighted by Gasteiger charge is 2.30. The summed E-state index contributed by atoms with van der Waals surface area (Å²) in [6, 6.07) is 16.6. The molecule has 0 bridgehead atoms. The number of H-pyrrole nitrogens is 1. The third kappa shape index (κ3) is 6.78. The van der Waals surface area contributed by atoms with Gasteiger partial charge in [-0.3, -0.25) is 9.59 Å². The Morgan fingerprint density at radius 2 is 1.81 bits per heavy atom. The fraction of sp³-hybridized carbons (Fsp3) is 0.472. The molecule has 6 rings (SSSR count). The van der Waals surface area contributed by atoms with Crippen LogP contribution in [0.2, 0.25) is 0 Å². The van der Waals surface area contributed by atoms with Gasteiger partial charge >= 0.3 is 0 Å². The van der Waals surface area contributed by atoms with Gasteiger partial charge in [0.05, 0.1) is 10.9 Å². The summed E-state index contributed by atoms with van der Waals surface area (Å²) in [6.07, 6.45) is 11.0. The molecule has 2 aliphatic rings. The lowest BCUT2D eigenvalue weighted by Crippen LogP contribution is -2.34. The number of rotatable bonds is 8. The molecule has 0 unspecified atom stereocenters. The Morgan fingerprint density at radius 1 is 1.07 bits per heavy atom. The van der Waals surface area contributed by atoms with Crippen molar-refractivity contribution in [3.05, 3.63) is 86.8 Å². The van der Waals surface area contributed by atoms with E-state index in [4.69, 9.17) is 4.98 Å². The van der Waals surface area contributed by atoms with Crippen LogP contribution in [0.4, 0.5) is 0 Å². The highest BCUT2D eigenvalue weighted by molar-refractivity contribution is 7.20. The zero-order valence-corrected chi connectivity index (χ0v) is 26.7. The second kappa shape index (κ2) is 12.4. The maximum absolute atomic E-state index is 13.7. The molecule has 1 amide bonds. The molecule has 0 aliphatic heterocycles. The number of hydrogen-bond acceptors (Lipinski definition) is 5. The van der Waals surface area contributed by atoms with Gasteiger partial charge in [-0.2, -0.15) is 0 Å². The van der Waals surface area contributed by atoms with Gasteiger partial charge in [-0.1, -0.05) is 57.9 Å². The summed E-state index contributed by atoms with van der Waals surface area (Å²) in [4.78, 5) is 37.2. The monoisotopic (exact) mass is 596 g/mol. The maximum Gasteiger partial charge on any atom is 0.261 e. The molecule has 2 atom stereocenters. The Balaban J connectivity index is 1.22. The lowest BCUT2D eigenvalue weighted by atomic mass is 9.71. The predicted octanol–water partition coefficient (Wildman–Crippen LogP) is 7.54. The van der Waals surface area contributed by atoms with Crippen molar-refractivity contribution >= 4 is 27.5 Å². The standard InChI is InChI=1S/C36H44N4O2S/c1-36(2,3)28-14-15-30-26(20-28)19-27-21-32(43-35(27)39-30)34(42)38-31(17-18-40(4)29-7-5-6-8-29)24-11-9-23(10-12-24)25-13-16-33(41)37-22-25/h9-13,16,19,21-22,28-29,31H,5-8,14-15,17-18,20H2,1-4H3,(H,37,41)(H,38,42)/t28-,31+/m0/s1. The number of amides is 1. The number of nitrogens with zero attached hydrogens (tertiary/aromatic N) is 2. The Morgan fingerprint density at radius 3 is 2.51 bits per heavy atom. The Labute approximate surface area is 258 Å². The van der Waals surface area contributed by atoms with Crippen LogP contribution in [0.5, 0.6) is 0 Å². The minimum atomic E-state index is -0.111. The summed E-state index contributed by atoms with van der Waals surface area (Å²) in [5.74, 6) is 0.617. The molecule has 2 aliphatic carbocycles. The molecular formula is C36H44N4O2S. The fourth-order valence-corrected chi connectivity index (χ4v) is 7.82. The van der Waals surface area contributed by atoms with E-state index in [1.54, 1.807) is 12.3 Å². The van der Waals surface area contributed by atoms with Crippen molar-refractivity contribution in [3.63, 3.8) is 0 Å². The van der Waals surface area contributed by atoms with E-state index < -0.39 is 0 Å². The lowest BCUT2D eigenvalue weighted by molar-refractivity contribution is 0.0934. The Bertz CT molecular complexity index is 1620. The summed E-state index contributed by atoms with van der Waals surface area (Å²) >= 11 is 1.50. The van der Waals surface area contributed by atoms with Crippen LogP contribution in [-0.2, 0) is 12.8 Å². The molecule has 43 heavy (non-hydrogen) atoms. The number of aromatic amines is 1. The number of aromatic nitrogens is 2. The van der Waals surface area contributed by atoms with Crippen LogP contribution in [0, 0.1) is 11.3 Å². The van der Waals surface area contributed by atoms with Crippen molar-refractivity contribution in [2.45, 2.75) is 84.2 Å². The average molecular weight is 597 g/mol. The zero-order chi connectivity index (χ0) is 30.1. The number of thiophene rings is 1. The molecule has 2 N–H and O–H groups in total. The number of carbonyl (C=O) groups excluding carboxylic acids is 1. The second-order valence-electron chi connectivity index (χ2n) is 13.7. The summed E-state index contributed by atoms with van der Waals surface area (Å²) in [7, 11) is 2.22. The molecule has 226 valence electrons. The van der Waals surface area contributed by atoms with Crippen LogP contribution in [0.15, 0.2) is 59.5 Å². The van der Waals surface area contributed by atoms with Crippen LogP contribution in [-0.4, -0.2) is 40.4 Å². The van der Waals surface area contributed by atoms with Crippen LogP contribution in [0.1, 0.15) is 91.8 Å². The van der Waals surface area contributed by atoms with Crippen molar-refractivity contribution in [1.29, 1.82) is 0 Å². The zero-order valence-electron chi connectivity index (χ0n) is 25.9. The number of pyridine rings is 2. The van der Waals surface area contributed by atoms with E-state index in [-0.39, 0.29) is 22.9 Å². The van der Waals surface area contributed by atoms with Crippen LogP contribution < -0.4 is 10.9 Å². The van der Waals surface area contributed by atoms with Gasteiger partial charge in [-0.25, -0.2) is 4.98 Å². The van der Waals surface area contributed by atoms with E-state index in [2.05, 4.69) is 73.4 Å². The minimum Gasteiger partial charge on any atom is -0.344 e. The number of hydrogen-bond donors (Lipinski definition) is 2. The normalized spacial score (nSPS) is 18.2. The molecule has 1 saturated carbocycles. The molecule has 0 spiro atoms. The molecule has 0 saturated heterocycles. The highest BCUT2D eigenvalue weighted by Crippen LogP contribution is 2.38. The van der Waals surface area contributed by atoms with Gasteiger partial charge in [0, 0.05) is 35.9 Å². The number of nitrogens with one attached hydrogen (secondary N) is 2. The first-order valence-corrected chi connectivity index (χ1v) is 16.7. The first-order chi connectivity index (χ1) is 20.6. The first-order valence-electron chi connectivity index (χ1n) is 15.9. The molecule has 7 heteroatoms. The minimum absolute atomic E-state index is 0.0354. The van der Waals surface area contributed by atoms with E-state index in [9.17, 15) is 9.59 Å². The van der Waals surface area contributed by atoms with Gasteiger partial charge in [0.1, 0.15) is 4.83 Å². The Hall–Kier alpha value is -3.29. The highest BCUT2D eigenvalue weighted by atomic mass is 32.1. The summed E-state index contributed by atoms with van der Waals surface area (Å²) in [5, 5.41) is 4.46. The fourth-order valence-electron chi connectivity index (χ4n) is 6.88. The van der Waals surface area contributed by atoms with E-state index in [1.807, 2.05) is 12.1 Å². The van der Waals surface area contributed by atoms with Gasteiger partial charge in [0.2, 0.25) is 5.56 Å². The maximum atomic E-state index is 13.7. The summed E-state index contributed by atoms with van der Waals surface area (Å²) in [5.41, 5.74) is 5.80. The largest absolute Gasteiger partial charge is 0.344 e. The van der Waals surface area contributed by atoms with Crippen LogP contribution >= 0.6 is 11.3 Å². The SMILES string of the molecule is CN(CC[C@@H](NC(=O)c1cc2cc3c(nc2s1)CC[C@H](C(C)(C)C)C3)c1ccc(-c2ccc(=O)[nH]c2)cc1)C1CCCC1. The van der Waals surface area contributed by atoms with E-state index >= 15 is 0 Å². The van der Waals surface area contributed by atoms with Gasteiger partial charge in [0.15, 0.2) is 0 Å². The van der Waals surface area contributed by atoms with Crippen molar-refractivity contribution in [1.82, 2.24) is 20.2 Å². The van der Waals surface area contributed by atoms with Crippen LogP contribution in [0.3, 0.4) is 0 Å². The lowest BCUT2D eigenvalue weighted by Gasteiger charge is -2.34. The number of fused-ring (bicyclic) bond motifs is 2. The quantitative estimate of drug-likeness (QED) is 0.220. The molecule has 0 radical (unpaired) electrons. The number of aryl methyl sites for hydroxylation is 1.